The Morgan fingerprint density at radius 2 is 1.77 bits per heavy atom. The van der Waals surface area contributed by atoms with Crippen LogP contribution in [-0.2, 0) is 9.53 Å². The van der Waals surface area contributed by atoms with Gasteiger partial charge in [0.1, 0.15) is 5.60 Å². The maximum Gasteiger partial charge on any atom is 0.334 e. The lowest BCUT2D eigenvalue weighted by atomic mass is 9.67. The van der Waals surface area contributed by atoms with Gasteiger partial charge in [-0.3, -0.25) is 0 Å². The van der Waals surface area contributed by atoms with E-state index in [9.17, 15) is 4.79 Å². The SMILES string of the molecule is CC(C)(OC(=O)C1=CC2CCC1(C)C2(C)C)C1CCCCC1. The number of rotatable bonds is 3. The Kier molecular flexibility index (Phi) is 3.73. The topological polar surface area (TPSA) is 26.3 Å². The first kappa shape index (κ1) is 16.1. The highest BCUT2D eigenvalue weighted by atomic mass is 16.6. The summed E-state index contributed by atoms with van der Waals surface area (Å²) in [6, 6.07) is 0. The molecule has 22 heavy (non-hydrogen) atoms. The van der Waals surface area contributed by atoms with Crippen LogP contribution in [0.1, 0.15) is 79.6 Å². The molecule has 2 fully saturated rings. The predicted octanol–water partition coefficient (Wildman–Crippen LogP) is 5.27. The summed E-state index contributed by atoms with van der Waals surface area (Å²) < 4.78 is 6.07. The molecule has 0 aromatic rings. The van der Waals surface area contributed by atoms with E-state index in [0.717, 1.165) is 12.0 Å². The third kappa shape index (κ3) is 2.25. The largest absolute Gasteiger partial charge is 0.456 e. The summed E-state index contributed by atoms with van der Waals surface area (Å²) in [4.78, 5) is 12.9. The summed E-state index contributed by atoms with van der Waals surface area (Å²) in [5.74, 6) is 1.01. The van der Waals surface area contributed by atoms with Crippen LogP contribution < -0.4 is 0 Å². The zero-order chi connectivity index (χ0) is 16.2. The molecule has 0 heterocycles. The lowest BCUT2D eigenvalue weighted by molar-refractivity contribution is -0.159. The molecule has 0 spiro atoms. The average Bonchev–Trinajstić information content (AvgIpc) is 2.80. The van der Waals surface area contributed by atoms with E-state index < -0.39 is 0 Å². The number of fused-ring (bicyclic) bond motifs is 2. The summed E-state index contributed by atoms with van der Waals surface area (Å²) in [6.07, 6.45) is 10.8. The van der Waals surface area contributed by atoms with Gasteiger partial charge in [0, 0.05) is 11.0 Å². The molecule has 2 bridgehead atoms. The van der Waals surface area contributed by atoms with Crippen LogP contribution >= 0.6 is 0 Å². The van der Waals surface area contributed by atoms with E-state index in [1.54, 1.807) is 0 Å². The Morgan fingerprint density at radius 3 is 2.27 bits per heavy atom. The fraction of sp³-hybridized carbons (Fsp3) is 0.850. The minimum atomic E-state index is -0.333. The van der Waals surface area contributed by atoms with Crippen molar-refractivity contribution in [2.75, 3.05) is 0 Å². The minimum absolute atomic E-state index is 0.00258. The van der Waals surface area contributed by atoms with Crippen molar-refractivity contribution in [3.63, 3.8) is 0 Å². The van der Waals surface area contributed by atoms with Crippen molar-refractivity contribution in [1.82, 2.24) is 0 Å². The summed E-state index contributed by atoms with van der Waals surface area (Å²) in [5, 5.41) is 0. The van der Waals surface area contributed by atoms with E-state index in [4.69, 9.17) is 4.74 Å². The molecule has 2 heteroatoms. The molecule has 124 valence electrons. The van der Waals surface area contributed by atoms with Crippen molar-refractivity contribution in [2.45, 2.75) is 85.2 Å². The Labute approximate surface area is 135 Å². The monoisotopic (exact) mass is 304 g/mol. The molecule has 0 aromatic heterocycles. The highest BCUT2D eigenvalue weighted by Gasteiger charge is 2.59. The maximum atomic E-state index is 12.9. The minimum Gasteiger partial charge on any atom is -0.456 e. The van der Waals surface area contributed by atoms with Crippen LogP contribution in [0, 0.1) is 22.7 Å². The molecule has 0 N–H and O–H groups in total. The number of carbonyl (C=O) groups is 1. The standard InChI is InChI=1S/C20H32O2/c1-18(2)15-11-12-20(18,5)16(13-15)17(21)22-19(3,4)14-9-7-6-8-10-14/h13-15H,6-12H2,1-5H3. The first-order valence-corrected chi connectivity index (χ1v) is 9.14. The molecular weight excluding hydrogens is 272 g/mol. The van der Waals surface area contributed by atoms with Gasteiger partial charge in [-0.05, 0) is 56.8 Å². The highest BCUT2D eigenvalue weighted by molar-refractivity contribution is 5.91. The second-order valence-electron chi connectivity index (χ2n) is 9.11. The van der Waals surface area contributed by atoms with Crippen molar-refractivity contribution in [1.29, 1.82) is 0 Å². The van der Waals surface area contributed by atoms with Crippen LogP contribution in [0.15, 0.2) is 11.6 Å². The van der Waals surface area contributed by atoms with E-state index in [1.165, 1.54) is 38.5 Å². The van der Waals surface area contributed by atoms with E-state index in [2.05, 4.69) is 40.7 Å². The van der Waals surface area contributed by atoms with Crippen LogP contribution in [0.2, 0.25) is 0 Å². The Hall–Kier alpha value is -0.790. The molecule has 0 aromatic carbocycles. The number of allylic oxidation sites excluding steroid dienone is 1. The van der Waals surface area contributed by atoms with Gasteiger partial charge in [-0.25, -0.2) is 4.79 Å². The quantitative estimate of drug-likeness (QED) is 0.664. The van der Waals surface area contributed by atoms with Crippen molar-refractivity contribution < 1.29 is 9.53 Å². The predicted molar refractivity (Wildman–Crippen MR) is 89.4 cm³/mol. The molecule has 0 radical (unpaired) electrons. The molecule has 3 rings (SSSR count). The molecule has 0 saturated heterocycles. The van der Waals surface area contributed by atoms with Crippen LogP contribution in [0.3, 0.4) is 0 Å². The second-order valence-corrected chi connectivity index (χ2v) is 9.11. The number of carbonyl (C=O) groups excluding carboxylic acids is 1. The highest BCUT2D eigenvalue weighted by Crippen LogP contribution is 2.65. The molecule has 3 aliphatic rings. The van der Waals surface area contributed by atoms with Gasteiger partial charge in [0.25, 0.3) is 0 Å². The van der Waals surface area contributed by atoms with E-state index in [1.807, 2.05) is 0 Å². The van der Waals surface area contributed by atoms with E-state index in [-0.39, 0.29) is 22.4 Å². The van der Waals surface area contributed by atoms with Gasteiger partial charge >= 0.3 is 5.97 Å². The fourth-order valence-electron chi connectivity index (χ4n) is 5.16. The first-order valence-electron chi connectivity index (χ1n) is 9.14. The van der Waals surface area contributed by atoms with E-state index >= 15 is 0 Å². The molecule has 2 saturated carbocycles. The lowest BCUT2D eigenvalue weighted by Crippen LogP contribution is -2.40. The number of esters is 1. The zero-order valence-electron chi connectivity index (χ0n) is 15.0. The molecular formula is C20H32O2. The van der Waals surface area contributed by atoms with Crippen LogP contribution in [0.5, 0.6) is 0 Å². The van der Waals surface area contributed by atoms with Gasteiger partial charge in [-0.1, -0.05) is 46.1 Å². The number of hydrogen-bond donors (Lipinski definition) is 0. The molecule has 2 atom stereocenters. The Morgan fingerprint density at radius 1 is 1.14 bits per heavy atom. The lowest BCUT2D eigenvalue weighted by Gasteiger charge is -2.40. The Balaban J connectivity index is 1.74. The van der Waals surface area contributed by atoms with Crippen LogP contribution in [-0.4, -0.2) is 11.6 Å². The van der Waals surface area contributed by atoms with Crippen molar-refractivity contribution in [2.24, 2.45) is 22.7 Å². The number of hydrogen-bond acceptors (Lipinski definition) is 2. The average molecular weight is 304 g/mol. The molecule has 2 unspecified atom stereocenters. The normalized spacial score (nSPS) is 34.6. The van der Waals surface area contributed by atoms with Gasteiger partial charge in [-0.15, -0.1) is 0 Å². The summed E-state index contributed by atoms with van der Waals surface area (Å²) in [5.41, 5.74) is 0.812. The molecule has 0 amide bonds. The van der Waals surface area contributed by atoms with Crippen molar-refractivity contribution >= 4 is 5.97 Å². The molecule has 2 nitrogen and oxygen atoms in total. The zero-order valence-corrected chi connectivity index (χ0v) is 15.0. The summed E-state index contributed by atoms with van der Waals surface area (Å²) in [6.45, 7) is 11.1. The van der Waals surface area contributed by atoms with Gasteiger partial charge in [0.2, 0.25) is 0 Å². The van der Waals surface area contributed by atoms with E-state index in [0.29, 0.717) is 11.8 Å². The third-order valence-corrected chi connectivity index (χ3v) is 7.43. The van der Waals surface area contributed by atoms with Gasteiger partial charge in [0.05, 0.1) is 0 Å². The molecule has 3 aliphatic carbocycles. The first-order chi connectivity index (χ1) is 10.2. The maximum absolute atomic E-state index is 12.9. The summed E-state index contributed by atoms with van der Waals surface area (Å²) >= 11 is 0. The van der Waals surface area contributed by atoms with Crippen LogP contribution in [0.4, 0.5) is 0 Å². The van der Waals surface area contributed by atoms with Gasteiger partial charge < -0.3 is 4.74 Å². The van der Waals surface area contributed by atoms with Crippen molar-refractivity contribution in [3.05, 3.63) is 11.6 Å². The summed E-state index contributed by atoms with van der Waals surface area (Å²) in [7, 11) is 0. The molecule has 0 aliphatic heterocycles. The van der Waals surface area contributed by atoms with Gasteiger partial charge in [0.15, 0.2) is 0 Å². The van der Waals surface area contributed by atoms with Gasteiger partial charge in [-0.2, -0.15) is 0 Å². The second kappa shape index (κ2) is 5.11. The van der Waals surface area contributed by atoms with Crippen LogP contribution in [0.25, 0.3) is 0 Å². The van der Waals surface area contributed by atoms with Crippen molar-refractivity contribution in [3.8, 4) is 0 Å². The smallest absolute Gasteiger partial charge is 0.334 e. The number of ether oxygens (including phenoxy) is 1. The fourth-order valence-corrected chi connectivity index (χ4v) is 5.16. The third-order valence-electron chi connectivity index (χ3n) is 7.43. The Bertz CT molecular complexity index is 494.